The van der Waals surface area contributed by atoms with Gasteiger partial charge in [0, 0.05) is 17.3 Å². The minimum atomic E-state index is 0.800. The zero-order valence-electron chi connectivity index (χ0n) is 15.9. The minimum Gasteiger partial charge on any atom is -0.361 e. The fraction of sp³-hybridized carbons (Fsp3) is 0.136. The van der Waals surface area contributed by atoms with Gasteiger partial charge in [-0.1, -0.05) is 23.4 Å². The topological polar surface area (TPSA) is 72.5 Å². The molecule has 3 aromatic heterocycles. The van der Waals surface area contributed by atoms with E-state index in [1.54, 1.807) is 6.33 Å². The first-order valence-corrected chi connectivity index (χ1v) is 9.14. The van der Waals surface area contributed by atoms with E-state index >= 15 is 0 Å². The Hall–Kier alpha value is -3.67. The fourth-order valence-corrected chi connectivity index (χ4v) is 3.71. The van der Waals surface area contributed by atoms with Crippen molar-refractivity contribution in [2.75, 3.05) is 0 Å². The molecule has 6 heteroatoms. The molecule has 0 aliphatic heterocycles. The summed E-state index contributed by atoms with van der Waals surface area (Å²) >= 11 is 0. The van der Waals surface area contributed by atoms with Crippen LogP contribution in [0.25, 0.3) is 39.1 Å². The highest BCUT2D eigenvalue weighted by atomic mass is 16.5. The van der Waals surface area contributed by atoms with E-state index in [1.807, 2.05) is 55.1 Å². The zero-order chi connectivity index (χ0) is 19.3. The van der Waals surface area contributed by atoms with Crippen molar-refractivity contribution in [1.82, 2.24) is 24.9 Å². The van der Waals surface area contributed by atoms with Crippen LogP contribution in [0.4, 0.5) is 0 Å². The molecule has 0 spiro atoms. The van der Waals surface area contributed by atoms with Gasteiger partial charge in [-0.3, -0.25) is 0 Å². The maximum Gasteiger partial charge on any atom is 0.141 e. The van der Waals surface area contributed by atoms with E-state index < -0.39 is 0 Å². The third-order valence-electron chi connectivity index (χ3n) is 5.02. The van der Waals surface area contributed by atoms with Crippen molar-refractivity contribution >= 4 is 11.0 Å². The highest BCUT2D eigenvalue weighted by Crippen LogP contribution is 2.36. The van der Waals surface area contributed by atoms with Crippen molar-refractivity contribution in [2.24, 2.45) is 0 Å². The molecule has 1 N–H and O–H groups in total. The summed E-state index contributed by atoms with van der Waals surface area (Å²) in [5.41, 5.74) is 8.79. The van der Waals surface area contributed by atoms with E-state index in [0.29, 0.717) is 0 Å². The summed E-state index contributed by atoms with van der Waals surface area (Å²) in [5, 5.41) is 8.97. The van der Waals surface area contributed by atoms with Crippen LogP contribution in [0, 0.1) is 20.8 Å². The van der Waals surface area contributed by atoms with E-state index in [-0.39, 0.29) is 0 Å². The molecule has 28 heavy (non-hydrogen) atoms. The number of nitrogens with zero attached hydrogens (tertiary/aromatic N) is 4. The van der Waals surface area contributed by atoms with Crippen LogP contribution in [0.1, 0.15) is 17.0 Å². The summed E-state index contributed by atoms with van der Waals surface area (Å²) in [6.07, 6.45) is 3.76. The van der Waals surface area contributed by atoms with Gasteiger partial charge >= 0.3 is 0 Å². The molecule has 0 radical (unpaired) electrons. The van der Waals surface area contributed by atoms with Crippen molar-refractivity contribution in [2.45, 2.75) is 20.8 Å². The molecule has 5 aromatic rings. The maximum atomic E-state index is 5.38. The monoisotopic (exact) mass is 369 g/mol. The predicted molar refractivity (Wildman–Crippen MR) is 108 cm³/mol. The average molecular weight is 369 g/mol. The number of benzene rings is 2. The normalized spacial score (nSPS) is 11.4. The SMILES string of the molecule is Cc1cn(-c2ccccc2)nc1-c1cc(-c2c(C)noc2C)cc2[nH]cnc12. The van der Waals surface area contributed by atoms with E-state index in [1.165, 1.54) is 0 Å². The first kappa shape index (κ1) is 16.5. The number of aromatic amines is 1. The van der Waals surface area contributed by atoms with Gasteiger partial charge < -0.3 is 9.51 Å². The number of rotatable bonds is 3. The Labute approximate surface area is 161 Å². The number of hydrogen-bond acceptors (Lipinski definition) is 4. The molecule has 0 saturated heterocycles. The second-order valence-corrected chi connectivity index (χ2v) is 6.96. The number of H-pyrrole nitrogens is 1. The van der Waals surface area contributed by atoms with Gasteiger partial charge in [0.15, 0.2) is 0 Å². The molecule has 0 aliphatic rings. The van der Waals surface area contributed by atoms with E-state index in [9.17, 15) is 0 Å². The number of aromatic nitrogens is 5. The molecule has 2 aromatic carbocycles. The van der Waals surface area contributed by atoms with Gasteiger partial charge in [-0.2, -0.15) is 5.10 Å². The summed E-state index contributed by atoms with van der Waals surface area (Å²) in [7, 11) is 0. The summed E-state index contributed by atoms with van der Waals surface area (Å²) in [5.74, 6) is 0.800. The summed E-state index contributed by atoms with van der Waals surface area (Å²) in [4.78, 5) is 7.77. The van der Waals surface area contributed by atoms with Crippen molar-refractivity contribution in [3.63, 3.8) is 0 Å². The molecule has 0 bridgehead atoms. The number of imidazole rings is 1. The second kappa shape index (κ2) is 6.20. The Bertz CT molecular complexity index is 1270. The molecule has 138 valence electrons. The first-order valence-electron chi connectivity index (χ1n) is 9.14. The Balaban J connectivity index is 1.74. The van der Waals surface area contributed by atoms with E-state index in [0.717, 1.165) is 56.1 Å². The lowest BCUT2D eigenvalue weighted by Gasteiger charge is -2.06. The molecule has 5 rings (SSSR count). The number of para-hydroxylation sites is 1. The molecule has 6 nitrogen and oxygen atoms in total. The lowest BCUT2D eigenvalue weighted by atomic mass is 9.98. The lowest BCUT2D eigenvalue weighted by Crippen LogP contribution is -1.94. The number of aryl methyl sites for hydroxylation is 3. The molecule has 0 unspecified atom stereocenters. The molecule has 3 heterocycles. The van der Waals surface area contributed by atoms with Gasteiger partial charge in [-0.05, 0) is 56.2 Å². The van der Waals surface area contributed by atoms with Gasteiger partial charge in [0.05, 0.1) is 34.4 Å². The molecule has 0 saturated carbocycles. The van der Waals surface area contributed by atoms with Crippen LogP contribution >= 0.6 is 0 Å². The third-order valence-corrected chi connectivity index (χ3v) is 5.02. The first-order chi connectivity index (χ1) is 13.6. The van der Waals surface area contributed by atoms with Crippen molar-refractivity contribution in [1.29, 1.82) is 0 Å². The van der Waals surface area contributed by atoms with Crippen LogP contribution < -0.4 is 0 Å². The molecule has 0 atom stereocenters. The largest absolute Gasteiger partial charge is 0.361 e. The van der Waals surface area contributed by atoms with E-state index in [4.69, 9.17) is 9.62 Å². The van der Waals surface area contributed by atoms with Crippen LogP contribution in [0.15, 0.2) is 59.5 Å². The Morgan fingerprint density at radius 3 is 2.61 bits per heavy atom. The maximum absolute atomic E-state index is 5.38. The molecular weight excluding hydrogens is 350 g/mol. The van der Waals surface area contributed by atoms with Crippen molar-refractivity contribution in [3.05, 3.63) is 72.0 Å². The van der Waals surface area contributed by atoms with Crippen LogP contribution in [0.5, 0.6) is 0 Å². The third kappa shape index (κ3) is 2.53. The van der Waals surface area contributed by atoms with Crippen LogP contribution in [0.2, 0.25) is 0 Å². The zero-order valence-corrected chi connectivity index (χ0v) is 15.9. The fourth-order valence-electron chi connectivity index (χ4n) is 3.71. The van der Waals surface area contributed by atoms with Gasteiger partial charge in [0.1, 0.15) is 5.76 Å². The summed E-state index contributed by atoms with van der Waals surface area (Å²) < 4.78 is 7.29. The minimum absolute atomic E-state index is 0.800. The molecule has 0 aliphatic carbocycles. The van der Waals surface area contributed by atoms with Gasteiger partial charge in [-0.15, -0.1) is 0 Å². The second-order valence-electron chi connectivity index (χ2n) is 6.96. The van der Waals surface area contributed by atoms with Crippen molar-refractivity contribution in [3.8, 4) is 28.1 Å². The van der Waals surface area contributed by atoms with Gasteiger partial charge in [0.25, 0.3) is 0 Å². The Morgan fingerprint density at radius 2 is 1.86 bits per heavy atom. The van der Waals surface area contributed by atoms with Crippen molar-refractivity contribution < 1.29 is 4.52 Å². The number of nitrogens with one attached hydrogen (secondary N) is 1. The lowest BCUT2D eigenvalue weighted by molar-refractivity contribution is 0.393. The predicted octanol–water partition coefficient (Wildman–Crippen LogP) is 5.00. The average Bonchev–Trinajstić information content (AvgIpc) is 3.40. The molecule has 0 amide bonds. The Kier molecular flexibility index (Phi) is 3.65. The van der Waals surface area contributed by atoms with Crippen LogP contribution in [-0.4, -0.2) is 24.9 Å². The number of fused-ring (bicyclic) bond motifs is 1. The standard InChI is InChI=1S/C22H19N5O/c1-13-11-27(17-7-5-4-6-8-17)25-21(13)18-9-16(10-19-22(18)24-12-23-19)20-14(2)26-28-15(20)3/h4-12H,1-3H3,(H,23,24). The smallest absolute Gasteiger partial charge is 0.141 e. The highest BCUT2D eigenvalue weighted by Gasteiger charge is 2.18. The molecule has 0 fully saturated rings. The molecular formula is C22H19N5O. The van der Waals surface area contributed by atoms with Crippen LogP contribution in [-0.2, 0) is 0 Å². The summed E-state index contributed by atoms with van der Waals surface area (Å²) in [6.45, 7) is 5.96. The van der Waals surface area contributed by atoms with Gasteiger partial charge in [0.2, 0.25) is 0 Å². The highest BCUT2D eigenvalue weighted by molar-refractivity contribution is 5.96. The summed E-state index contributed by atoms with van der Waals surface area (Å²) in [6, 6.07) is 14.3. The quantitative estimate of drug-likeness (QED) is 0.486. The van der Waals surface area contributed by atoms with Crippen LogP contribution in [0.3, 0.4) is 0 Å². The van der Waals surface area contributed by atoms with E-state index in [2.05, 4.69) is 34.2 Å². The van der Waals surface area contributed by atoms with Gasteiger partial charge in [-0.25, -0.2) is 9.67 Å². The number of hydrogen-bond donors (Lipinski definition) is 1. The Morgan fingerprint density at radius 1 is 1.04 bits per heavy atom.